The van der Waals surface area contributed by atoms with Crippen LogP contribution < -0.4 is 9.21 Å². The zero-order valence-electron chi connectivity index (χ0n) is 16.4. The van der Waals surface area contributed by atoms with Gasteiger partial charge in [0.05, 0.1) is 16.9 Å². The zero-order chi connectivity index (χ0) is 21.2. The largest absolute Gasteiger partial charge is 0.312 e. The number of para-hydroxylation sites is 1. The van der Waals surface area contributed by atoms with E-state index in [1.54, 1.807) is 11.8 Å². The van der Waals surface area contributed by atoms with E-state index in [9.17, 15) is 23.3 Å². The van der Waals surface area contributed by atoms with Crippen LogP contribution in [-0.2, 0) is 21.2 Å². The van der Waals surface area contributed by atoms with Gasteiger partial charge < -0.3 is 4.90 Å². The number of carbonyl (C=O) groups excluding carboxylic acids is 1. The fourth-order valence-electron chi connectivity index (χ4n) is 3.55. The summed E-state index contributed by atoms with van der Waals surface area (Å²) in [5, 5.41) is 11.1. The van der Waals surface area contributed by atoms with Gasteiger partial charge in [0.25, 0.3) is 5.69 Å². The molecular weight excluding hydrogens is 394 g/mol. The van der Waals surface area contributed by atoms with Gasteiger partial charge in [0.1, 0.15) is 0 Å². The molecule has 0 spiro atoms. The Labute approximate surface area is 169 Å². The number of amides is 1. The van der Waals surface area contributed by atoms with E-state index in [4.69, 9.17) is 0 Å². The van der Waals surface area contributed by atoms with Gasteiger partial charge in [-0.3, -0.25) is 19.2 Å². The molecule has 2 aromatic rings. The Balaban J connectivity index is 1.72. The number of nitrogens with zero attached hydrogens (tertiary/aromatic N) is 3. The van der Waals surface area contributed by atoms with Gasteiger partial charge in [-0.1, -0.05) is 24.3 Å². The molecule has 8 nitrogen and oxygen atoms in total. The lowest BCUT2D eigenvalue weighted by Gasteiger charge is -2.24. The first-order valence-corrected chi connectivity index (χ1v) is 11.1. The minimum atomic E-state index is -3.66. The van der Waals surface area contributed by atoms with E-state index >= 15 is 0 Å². The van der Waals surface area contributed by atoms with Crippen molar-refractivity contribution in [2.24, 2.45) is 0 Å². The molecule has 0 saturated carbocycles. The summed E-state index contributed by atoms with van der Waals surface area (Å²) >= 11 is 0. The standard InChI is InChI=1S/C20H23N3O5S/c1-15-9-10-17(23(25)26)14-19(15)22(29(2,27)28)12-5-8-20(24)21-13-11-16-6-3-4-7-18(16)21/h3-4,6-7,9-10,14H,5,8,11-13H2,1-2H3. The van der Waals surface area contributed by atoms with Gasteiger partial charge in [0, 0.05) is 37.3 Å². The third kappa shape index (κ3) is 4.56. The number of carbonyl (C=O) groups is 1. The minimum Gasteiger partial charge on any atom is -0.312 e. The van der Waals surface area contributed by atoms with E-state index < -0.39 is 14.9 Å². The van der Waals surface area contributed by atoms with Crippen molar-refractivity contribution in [2.75, 3.05) is 28.6 Å². The number of hydrogen-bond donors (Lipinski definition) is 0. The van der Waals surface area contributed by atoms with Gasteiger partial charge in [0.15, 0.2) is 0 Å². The number of benzene rings is 2. The average molecular weight is 417 g/mol. The van der Waals surface area contributed by atoms with Crippen LogP contribution >= 0.6 is 0 Å². The summed E-state index contributed by atoms with van der Waals surface area (Å²) in [4.78, 5) is 24.9. The molecule has 1 aliphatic rings. The summed E-state index contributed by atoms with van der Waals surface area (Å²) in [6, 6.07) is 11.9. The summed E-state index contributed by atoms with van der Waals surface area (Å²) in [5.41, 5.74) is 2.74. The summed E-state index contributed by atoms with van der Waals surface area (Å²) in [7, 11) is -3.66. The molecule has 0 fully saturated rings. The van der Waals surface area contributed by atoms with Crippen LogP contribution in [0.3, 0.4) is 0 Å². The molecule has 0 saturated heterocycles. The number of rotatable bonds is 7. The molecular formula is C20H23N3O5S. The van der Waals surface area contributed by atoms with E-state index in [1.165, 1.54) is 18.2 Å². The molecule has 0 bridgehead atoms. The number of hydrogen-bond acceptors (Lipinski definition) is 5. The molecule has 0 radical (unpaired) electrons. The Hall–Kier alpha value is -2.94. The van der Waals surface area contributed by atoms with Crippen LogP contribution in [0.5, 0.6) is 0 Å². The van der Waals surface area contributed by atoms with Crippen molar-refractivity contribution < 1.29 is 18.1 Å². The quantitative estimate of drug-likeness (QED) is 0.509. The van der Waals surface area contributed by atoms with Crippen LogP contribution in [0.2, 0.25) is 0 Å². The monoisotopic (exact) mass is 417 g/mol. The molecule has 0 N–H and O–H groups in total. The molecule has 0 unspecified atom stereocenters. The Morgan fingerprint density at radius 3 is 2.66 bits per heavy atom. The normalized spacial score (nSPS) is 13.2. The first-order valence-electron chi connectivity index (χ1n) is 9.29. The smallest absolute Gasteiger partial charge is 0.271 e. The topological polar surface area (TPSA) is 101 Å². The molecule has 1 amide bonds. The molecule has 9 heteroatoms. The number of anilines is 2. The molecule has 0 aliphatic carbocycles. The lowest BCUT2D eigenvalue weighted by molar-refractivity contribution is -0.384. The molecule has 154 valence electrons. The summed E-state index contributed by atoms with van der Waals surface area (Å²) in [6.45, 7) is 2.39. The van der Waals surface area contributed by atoms with Crippen LogP contribution in [0.4, 0.5) is 17.1 Å². The maximum absolute atomic E-state index is 12.7. The minimum absolute atomic E-state index is 0.0563. The van der Waals surface area contributed by atoms with E-state index in [1.807, 2.05) is 24.3 Å². The third-order valence-corrected chi connectivity index (χ3v) is 6.19. The summed E-state index contributed by atoms with van der Waals surface area (Å²) in [5.74, 6) is -0.0563. The van der Waals surface area contributed by atoms with E-state index in [-0.39, 0.29) is 30.2 Å². The Bertz CT molecular complexity index is 1050. The summed E-state index contributed by atoms with van der Waals surface area (Å²) < 4.78 is 25.8. The highest BCUT2D eigenvalue weighted by molar-refractivity contribution is 7.92. The van der Waals surface area contributed by atoms with Crippen LogP contribution in [0, 0.1) is 17.0 Å². The first-order chi connectivity index (χ1) is 13.7. The van der Waals surface area contributed by atoms with E-state index in [0.717, 1.165) is 28.2 Å². The molecule has 3 rings (SSSR count). The van der Waals surface area contributed by atoms with Crippen LogP contribution in [0.15, 0.2) is 42.5 Å². The predicted molar refractivity (Wildman–Crippen MR) is 112 cm³/mol. The van der Waals surface area contributed by atoms with Crippen molar-refractivity contribution in [1.82, 2.24) is 0 Å². The van der Waals surface area contributed by atoms with Crippen LogP contribution in [0.25, 0.3) is 0 Å². The number of aryl methyl sites for hydroxylation is 1. The third-order valence-electron chi connectivity index (χ3n) is 5.01. The number of nitro groups is 1. The molecule has 29 heavy (non-hydrogen) atoms. The molecule has 0 atom stereocenters. The van der Waals surface area contributed by atoms with Crippen molar-refractivity contribution in [3.63, 3.8) is 0 Å². The number of fused-ring (bicyclic) bond motifs is 1. The van der Waals surface area contributed by atoms with E-state index in [0.29, 0.717) is 18.5 Å². The van der Waals surface area contributed by atoms with Crippen molar-refractivity contribution >= 4 is 33.0 Å². The first kappa shape index (κ1) is 20.8. The van der Waals surface area contributed by atoms with Gasteiger partial charge in [-0.15, -0.1) is 0 Å². The highest BCUT2D eigenvalue weighted by atomic mass is 32.2. The zero-order valence-corrected chi connectivity index (χ0v) is 17.2. The number of nitro benzene ring substituents is 1. The maximum Gasteiger partial charge on any atom is 0.271 e. The molecule has 0 aromatic heterocycles. The van der Waals surface area contributed by atoms with Crippen LogP contribution in [-0.4, -0.2) is 38.6 Å². The van der Waals surface area contributed by atoms with Crippen molar-refractivity contribution in [3.05, 3.63) is 63.7 Å². The predicted octanol–water partition coefficient (Wildman–Crippen LogP) is 3.04. The lowest BCUT2D eigenvalue weighted by Crippen LogP contribution is -2.33. The van der Waals surface area contributed by atoms with Crippen LogP contribution in [0.1, 0.15) is 24.0 Å². The van der Waals surface area contributed by atoms with Gasteiger partial charge in [0.2, 0.25) is 15.9 Å². The van der Waals surface area contributed by atoms with E-state index in [2.05, 4.69) is 0 Å². The second-order valence-electron chi connectivity index (χ2n) is 7.09. The van der Waals surface area contributed by atoms with Gasteiger partial charge in [-0.05, 0) is 37.0 Å². The Morgan fingerprint density at radius 2 is 1.97 bits per heavy atom. The molecule has 1 heterocycles. The second-order valence-corrected chi connectivity index (χ2v) is 9.00. The second kappa shape index (κ2) is 8.20. The maximum atomic E-state index is 12.7. The van der Waals surface area contributed by atoms with Crippen molar-refractivity contribution in [1.29, 1.82) is 0 Å². The summed E-state index contributed by atoms with van der Waals surface area (Å²) in [6.07, 6.45) is 2.37. The average Bonchev–Trinajstić information content (AvgIpc) is 3.09. The highest BCUT2D eigenvalue weighted by Crippen LogP contribution is 2.29. The fraction of sp³-hybridized carbons (Fsp3) is 0.350. The number of sulfonamides is 1. The van der Waals surface area contributed by atoms with Crippen molar-refractivity contribution in [3.8, 4) is 0 Å². The number of non-ortho nitro benzene ring substituents is 1. The Morgan fingerprint density at radius 1 is 1.24 bits per heavy atom. The Kier molecular flexibility index (Phi) is 5.88. The fourth-order valence-corrected chi connectivity index (χ4v) is 4.57. The lowest BCUT2D eigenvalue weighted by atomic mass is 10.1. The molecule has 1 aliphatic heterocycles. The van der Waals surface area contributed by atoms with Gasteiger partial charge >= 0.3 is 0 Å². The van der Waals surface area contributed by atoms with Gasteiger partial charge in [-0.25, -0.2) is 8.42 Å². The SMILES string of the molecule is Cc1ccc([N+](=O)[O-])cc1N(CCCC(=O)N1CCc2ccccc21)S(C)(=O)=O. The van der Waals surface area contributed by atoms with Crippen molar-refractivity contribution in [2.45, 2.75) is 26.2 Å². The van der Waals surface area contributed by atoms with Gasteiger partial charge in [-0.2, -0.15) is 0 Å². The molecule has 2 aromatic carbocycles. The highest BCUT2D eigenvalue weighted by Gasteiger charge is 2.25.